The molecular formula is C21H26FNO9. The Hall–Kier alpha value is -3.57. The maximum atomic E-state index is 12.9. The number of aliphatic hydroxyl groups is 1. The van der Waals surface area contributed by atoms with Gasteiger partial charge in [-0.3, -0.25) is 0 Å². The minimum atomic E-state index is -2.07. The molecule has 0 aromatic heterocycles. The molecule has 0 fully saturated rings. The number of aliphatic carboxylic acids is 2. The molecule has 1 atom stereocenters. The van der Waals surface area contributed by atoms with E-state index in [1.165, 1.54) is 33.5 Å². The number of halogens is 1. The van der Waals surface area contributed by atoms with Crippen molar-refractivity contribution in [1.29, 1.82) is 0 Å². The summed E-state index contributed by atoms with van der Waals surface area (Å²) < 4.78 is 34.3. The Morgan fingerprint density at radius 3 is 2.03 bits per heavy atom. The fraction of sp³-hybridized carbons (Fsp3) is 0.333. The molecule has 0 aliphatic rings. The first-order chi connectivity index (χ1) is 15.2. The quantitative estimate of drug-likeness (QED) is 0.390. The van der Waals surface area contributed by atoms with Crippen LogP contribution in [0, 0.1) is 5.82 Å². The van der Waals surface area contributed by atoms with Crippen molar-refractivity contribution >= 4 is 11.9 Å². The van der Waals surface area contributed by atoms with Gasteiger partial charge >= 0.3 is 5.97 Å². The van der Waals surface area contributed by atoms with Crippen LogP contribution in [0.5, 0.6) is 23.0 Å². The van der Waals surface area contributed by atoms with E-state index in [1.54, 1.807) is 24.3 Å². The van der Waals surface area contributed by atoms with E-state index >= 15 is 0 Å². The lowest BCUT2D eigenvalue weighted by Gasteiger charge is -2.16. The standard InChI is InChI=1S/C19H24FNO5.C2H2O4/c1-23-17-8-16(9-18(24-2)19(17)25-3)26-12-15(22)11-21-10-13-4-6-14(20)7-5-13;3-1(4)2(5)6/h4-9,15,21-22H,10-12H2,1-3H3;(H,3,4)(H,5,6). The van der Waals surface area contributed by atoms with E-state index in [9.17, 15) is 9.50 Å². The first-order valence-electron chi connectivity index (χ1n) is 9.33. The number of ether oxygens (including phenoxy) is 4. The zero-order chi connectivity index (χ0) is 24.1. The van der Waals surface area contributed by atoms with Gasteiger partial charge in [-0.2, -0.15) is 0 Å². The molecule has 2 aromatic carbocycles. The zero-order valence-electron chi connectivity index (χ0n) is 17.9. The predicted octanol–water partition coefficient (Wildman–Crippen LogP) is -0.824. The molecule has 1 unspecified atom stereocenters. The first kappa shape index (κ1) is 26.5. The molecule has 0 heterocycles. The Bertz CT molecular complexity index is 837. The summed E-state index contributed by atoms with van der Waals surface area (Å²) in [6.07, 6.45) is -0.658. The number of carbonyl (C=O) groups excluding carboxylic acids is 1. The molecule has 0 aliphatic carbocycles. The van der Waals surface area contributed by atoms with E-state index in [0.29, 0.717) is 36.1 Å². The topological polar surface area (TPSA) is 151 Å². The van der Waals surface area contributed by atoms with Crippen LogP contribution in [0.2, 0.25) is 0 Å². The highest BCUT2D eigenvalue weighted by Crippen LogP contribution is 2.40. The maximum Gasteiger partial charge on any atom is 0.351 e. The van der Waals surface area contributed by atoms with Gasteiger partial charge in [0.2, 0.25) is 5.75 Å². The van der Waals surface area contributed by atoms with E-state index in [2.05, 4.69) is 0 Å². The van der Waals surface area contributed by atoms with E-state index in [-0.39, 0.29) is 12.4 Å². The Kier molecular flexibility index (Phi) is 11.3. The average Bonchev–Trinajstić information content (AvgIpc) is 2.78. The largest absolute Gasteiger partial charge is 0.539 e. The van der Waals surface area contributed by atoms with Crippen molar-refractivity contribution in [2.45, 2.75) is 12.6 Å². The number of carbonyl (C=O) groups is 2. The van der Waals surface area contributed by atoms with Crippen molar-refractivity contribution in [2.75, 3.05) is 34.5 Å². The number of hydrogen-bond acceptors (Lipinski definition) is 8. The minimum Gasteiger partial charge on any atom is -0.539 e. The smallest absolute Gasteiger partial charge is 0.351 e. The Labute approximate surface area is 184 Å². The lowest BCUT2D eigenvalue weighted by atomic mass is 10.2. The second kappa shape index (κ2) is 13.7. The summed E-state index contributed by atoms with van der Waals surface area (Å²) in [5, 5.41) is 28.3. The molecule has 4 N–H and O–H groups in total. The van der Waals surface area contributed by atoms with Gasteiger partial charge in [-0.15, -0.1) is 0 Å². The van der Waals surface area contributed by atoms with Gasteiger partial charge in [0.05, 0.1) is 21.3 Å². The maximum absolute atomic E-state index is 12.9. The highest BCUT2D eigenvalue weighted by atomic mass is 19.1. The van der Waals surface area contributed by atoms with Gasteiger partial charge in [0.25, 0.3) is 0 Å². The number of rotatable bonds is 10. The van der Waals surface area contributed by atoms with Crippen LogP contribution in [-0.4, -0.2) is 62.7 Å². The normalized spacial score (nSPS) is 10.9. The molecule has 0 amide bonds. The average molecular weight is 455 g/mol. The van der Waals surface area contributed by atoms with E-state index in [0.717, 1.165) is 5.56 Å². The van der Waals surface area contributed by atoms with Crippen LogP contribution < -0.4 is 29.4 Å². The van der Waals surface area contributed by atoms with Crippen LogP contribution in [0.4, 0.5) is 4.39 Å². The van der Waals surface area contributed by atoms with Gasteiger partial charge in [-0.1, -0.05) is 12.1 Å². The van der Waals surface area contributed by atoms with Gasteiger partial charge < -0.3 is 44.4 Å². The van der Waals surface area contributed by atoms with Crippen molar-refractivity contribution in [1.82, 2.24) is 0 Å². The first-order valence-corrected chi connectivity index (χ1v) is 9.33. The number of hydrogen-bond donors (Lipinski definition) is 3. The molecule has 0 spiro atoms. The SMILES string of the molecule is COc1cc(OCC(O)C[NH2+]Cc2ccc(F)cc2)cc(OC)c1OC.O=C([O-])C(=O)O. The zero-order valence-corrected chi connectivity index (χ0v) is 17.9. The summed E-state index contributed by atoms with van der Waals surface area (Å²) in [5.74, 6) is -2.30. The Morgan fingerprint density at radius 1 is 1.06 bits per heavy atom. The third-order valence-corrected chi connectivity index (χ3v) is 3.99. The monoisotopic (exact) mass is 455 g/mol. The second-order valence-electron chi connectivity index (χ2n) is 6.27. The van der Waals surface area contributed by atoms with Gasteiger partial charge in [0.1, 0.15) is 37.4 Å². The second-order valence-corrected chi connectivity index (χ2v) is 6.27. The molecule has 11 heteroatoms. The molecule has 32 heavy (non-hydrogen) atoms. The summed E-state index contributed by atoms with van der Waals surface area (Å²) in [7, 11) is 4.59. The van der Waals surface area contributed by atoms with Crippen LogP contribution in [0.1, 0.15) is 5.56 Å². The van der Waals surface area contributed by atoms with Gasteiger partial charge in [-0.05, 0) is 12.1 Å². The van der Waals surface area contributed by atoms with Crippen molar-refractivity contribution in [3.63, 3.8) is 0 Å². The van der Waals surface area contributed by atoms with Crippen molar-refractivity contribution in [2.24, 2.45) is 0 Å². The summed E-state index contributed by atoms with van der Waals surface area (Å²) in [5.41, 5.74) is 0.990. The van der Waals surface area contributed by atoms with E-state index in [1.807, 2.05) is 5.32 Å². The van der Waals surface area contributed by atoms with Crippen LogP contribution in [0.15, 0.2) is 36.4 Å². The number of methoxy groups -OCH3 is 3. The van der Waals surface area contributed by atoms with Crippen LogP contribution >= 0.6 is 0 Å². The van der Waals surface area contributed by atoms with Gasteiger partial charge in [0, 0.05) is 17.7 Å². The number of aliphatic hydroxyl groups excluding tert-OH is 1. The molecule has 0 saturated carbocycles. The molecular weight excluding hydrogens is 429 g/mol. The Balaban J connectivity index is 0.000000751. The summed E-state index contributed by atoms with van der Waals surface area (Å²) in [6, 6.07) is 9.65. The third kappa shape index (κ3) is 9.06. The third-order valence-electron chi connectivity index (χ3n) is 3.99. The van der Waals surface area contributed by atoms with E-state index in [4.69, 9.17) is 38.7 Å². The minimum absolute atomic E-state index is 0.124. The Morgan fingerprint density at radius 2 is 1.59 bits per heavy atom. The van der Waals surface area contributed by atoms with Gasteiger partial charge in [-0.25, -0.2) is 9.18 Å². The molecule has 176 valence electrons. The van der Waals surface area contributed by atoms with Crippen molar-refractivity contribution in [3.8, 4) is 23.0 Å². The fourth-order valence-corrected chi connectivity index (χ4v) is 2.46. The predicted molar refractivity (Wildman–Crippen MR) is 107 cm³/mol. The lowest BCUT2D eigenvalue weighted by molar-refractivity contribution is -0.676. The fourth-order valence-electron chi connectivity index (χ4n) is 2.46. The number of quaternary nitrogens is 1. The van der Waals surface area contributed by atoms with Crippen molar-refractivity contribution in [3.05, 3.63) is 47.8 Å². The molecule has 0 bridgehead atoms. The van der Waals surface area contributed by atoms with Crippen LogP contribution in [-0.2, 0) is 16.1 Å². The molecule has 0 aliphatic heterocycles. The number of carboxylic acids is 2. The lowest BCUT2D eigenvalue weighted by Crippen LogP contribution is -2.85. The van der Waals surface area contributed by atoms with E-state index < -0.39 is 18.0 Å². The number of benzene rings is 2. The van der Waals surface area contributed by atoms with Crippen LogP contribution in [0.25, 0.3) is 0 Å². The molecule has 2 rings (SSSR count). The molecule has 0 radical (unpaired) electrons. The molecule has 2 aromatic rings. The summed E-state index contributed by atoms with van der Waals surface area (Å²) >= 11 is 0. The van der Waals surface area contributed by atoms with Gasteiger partial charge in [0.15, 0.2) is 17.5 Å². The molecule has 10 nitrogen and oxygen atoms in total. The number of nitrogens with two attached hydrogens (primary N) is 1. The van der Waals surface area contributed by atoms with Crippen LogP contribution in [0.3, 0.4) is 0 Å². The highest BCUT2D eigenvalue weighted by Gasteiger charge is 2.15. The highest BCUT2D eigenvalue weighted by molar-refractivity contribution is 6.26. The number of carboxylic acid groups (broad SMARTS) is 2. The van der Waals surface area contributed by atoms with Crippen molar-refractivity contribution < 1.29 is 53.6 Å². The summed E-state index contributed by atoms with van der Waals surface area (Å²) in [4.78, 5) is 18.0. The molecule has 0 saturated heterocycles. The summed E-state index contributed by atoms with van der Waals surface area (Å²) in [6.45, 7) is 1.24.